The Balaban J connectivity index is 1.84. The molecule has 0 aliphatic heterocycles. The van der Waals surface area contributed by atoms with E-state index in [9.17, 15) is 14.4 Å². The van der Waals surface area contributed by atoms with Crippen molar-refractivity contribution >= 4 is 17.5 Å². The highest BCUT2D eigenvalue weighted by molar-refractivity contribution is 5.86. The van der Waals surface area contributed by atoms with Crippen molar-refractivity contribution in [2.45, 2.75) is 58.7 Å². The van der Waals surface area contributed by atoms with Gasteiger partial charge in [-0.25, -0.2) is 0 Å². The third kappa shape index (κ3) is 6.82. The number of nitrogens with one attached hydrogen (secondary N) is 2. The van der Waals surface area contributed by atoms with Gasteiger partial charge >= 0.3 is 0 Å². The maximum Gasteiger partial charge on any atom is 0.245 e. The van der Waals surface area contributed by atoms with Gasteiger partial charge in [0.2, 0.25) is 23.0 Å². The quantitative estimate of drug-likeness (QED) is 0.305. The van der Waals surface area contributed by atoms with Crippen LogP contribution in [0.4, 0.5) is 5.69 Å². The molecule has 2 amide bonds. The van der Waals surface area contributed by atoms with Crippen molar-refractivity contribution < 1.29 is 23.8 Å². The van der Waals surface area contributed by atoms with Crippen molar-refractivity contribution in [3.05, 3.63) is 81.5 Å². The summed E-state index contributed by atoms with van der Waals surface area (Å²) in [4.78, 5) is 41.6. The molecular formula is C35H43N3O6. The van der Waals surface area contributed by atoms with Gasteiger partial charge in [0.25, 0.3) is 0 Å². The number of likely N-dealkylation sites (N-methyl/N-ethyl adjacent to an activating group) is 1. The number of amides is 2. The Morgan fingerprint density at radius 1 is 1.00 bits per heavy atom. The first kappa shape index (κ1) is 32.4. The lowest BCUT2D eigenvalue weighted by molar-refractivity contribution is -0.132. The maximum atomic E-state index is 13.9. The third-order valence-electron chi connectivity index (χ3n) is 8.34. The standard InChI is InChI=1S/C35H43N3O6/c1-8-21(2)32(35(41)38(4)20-23-12-10-9-11-13-23)37-28-17-15-25-26(19-29(28)40)27(36-22(3)39)16-14-24-18-30(42-5)33(43-6)34(44-7)31(24)25/h9-13,15,17-19,21,27,32H,8,14,16,20H2,1-7H3,(H,36,39)(H,37,40). The van der Waals surface area contributed by atoms with Gasteiger partial charge in [-0.15, -0.1) is 0 Å². The molecule has 3 aromatic rings. The van der Waals surface area contributed by atoms with Gasteiger partial charge in [0.15, 0.2) is 11.5 Å². The number of methoxy groups -OCH3 is 3. The van der Waals surface area contributed by atoms with E-state index < -0.39 is 12.1 Å². The number of anilines is 1. The number of ether oxygens (including phenoxy) is 3. The minimum Gasteiger partial charge on any atom is -0.493 e. The minimum absolute atomic E-state index is 0.0480. The number of hydrogen-bond acceptors (Lipinski definition) is 7. The maximum absolute atomic E-state index is 13.9. The largest absolute Gasteiger partial charge is 0.493 e. The van der Waals surface area contributed by atoms with Crippen molar-refractivity contribution in [1.29, 1.82) is 0 Å². The normalized spacial score (nSPS) is 15.0. The van der Waals surface area contributed by atoms with Crippen molar-refractivity contribution in [3.63, 3.8) is 0 Å². The van der Waals surface area contributed by atoms with Crippen LogP contribution in [-0.4, -0.2) is 51.1 Å². The second kappa shape index (κ2) is 14.3. The van der Waals surface area contributed by atoms with E-state index in [-0.39, 0.29) is 23.2 Å². The molecule has 0 bridgehead atoms. The van der Waals surface area contributed by atoms with E-state index >= 15 is 0 Å². The van der Waals surface area contributed by atoms with Crippen LogP contribution in [0.1, 0.15) is 56.3 Å². The molecule has 0 heterocycles. The highest BCUT2D eigenvalue weighted by Crippen LogP contribution is 2.50. The van der Waals surface area contributed by atoms with Crippen LogP contribution in [0.15, 0.2) is 59.4 Å². The van der Waals surface area contributed by atoms with Crippen LogP contribution in [0, 0.1) is 5.92 Å². The average molecular weight is 602 g/mol. The summed E-state index contributed by atoms with van der Waals surface area (Å²) < 4.78 is 17.2. The van der Waals surface area contributed by atoms with Crippen LogP contribution in [0.2, 0.25) is 0 Å². The van der Waals surface area contributed by atoms with E-state index in [2.05, 4.69) is 10.6 Å². The van der Waals surface area contributed by atoms with Gasteiger partial charge in [0.1, 0.15) is 6.04 Å². The lowest BCUT2D eigenvalue weighted by Gasteiger charge is -2.28. The van der Waals surface area contributed by atoms with Crippen LogP contribution in [0.25, 0.3) is 11.1 Å². The number of fused-ring (bicyclic) bond motifs is 3. The molecule has 0 radical (unpaired) electrons. The van der Waals surface area contributed by atoms with E-state index in [4.69, 9.17) is 14.2 Å². The van der Waals surface area contributed by atoms with Gasteiger partial charge in [-0.3, -0.25) is 14.4 Å². The number of hydrogen-bond donors (Lipinski definition) is 2. The van der Waals surface area contributed by atoms with Gasteiger partial charge in [-0.05, 0) is 59.2 Å². The zero-order valence-corrected chi connectivity index (χ0v) is 26.7. The van der Waals surface area contributed by atoms with Gasteiger partial charge in [-0.2, -0.15) is 0 Å². The molecule has 44 heavy (non-hydrogen) atoms. The summed E-state index contributed by atoms with van der Waals surface area (Å²) in [5, 5.41) is 6.34. The monoisotopic (exact) mass is 601 g/mol. The summed E-state index contributed by atoms with van der Waals surface area (Å²) >= 11 is 0. The number of aryl methyl sites for hydroxylation is 1. The van der Waals surface area contributed by atoms with E-state index in [1.54, 1.807) is 45.4 Å². The van der Waals surface area contributed by atoms with Crippen molar-refractivity contribution in [2.24, 2.45) is 5.92 Å². The van der Waals surface area contributed by atoms with Crippen LogP contribution in [0.3, 0.4) is 0 Å². The summed E-state index contributed by atoms with van der Waals surface area (Å²) in [7, 11) is 6.47. The molecular weight excluding hydrogens is 558 g/mol. The van der Waals surface area contributed by atoms with Crippen molar-refractivity contribution in [3.8, 4) is 28.4 Å². The number of rotatable bonds is 11. The summed E-state index contributed by atoms with van der Waals surface area (Å²) in [6.07, 6.45) is 1.90. The minimum atomic E-state index is -0.624. The van der Waals surface area contributed by atoms with Gasteiger partial charge in [0.05, 0.1) is 33.1 Å². The van der Waals surface area contributed by atoms with Crippen LogP contribution in [0.5, 0.6) is 17.2 Å². The molecule has 0 fully saturated rings. The molecule has 0 spiro atoms. The first-order valence-corrected chi connectivity index (χ1v) is 15.0. The fraction of sp³-hybridized carbons (Fsp3) is 0.400. The second-order valence-electron chi connectivity index (χ2n) is 11.3. The number of carbonyl (C=O) groups is 2. The molecule has 2 N–H and O–H groups in total. The van der Waals surface area contributed by atoms with E-state index in [1.807, 2.05) is 56.3 Å². The smallest absolute Gasteiger partial charge is 0.245 e. The molecule has 3 aromatic carbocycles. The highest BCUT2D eigenvalue weighted by atomic mass is 16.5. The van der Waals surface area contributed by atoms with Gasteiger partial charge in [-0.1, -0.05) is 56.7 Å². The molecule has 1 aliphatic carbocycles. The Labute approximate surface area is 259 Å². The first-order chi connectivity index (χ1) is 21.1. The predicted molar refractivity (Wildman–Crippen MR) is 172 cm³/mol. The van der Waals surface area contributed by atoms with E-state index in [0.717, 1.165) is 28.7 Å². The highest BCUT2D eigenvalue weighted by Gasteiger charge is 2.31. The molecule has 3 atom stereocenters. The van der Waals surface area contributed by atoms with Crippen LogP contribution < -0.4 is 30.3 Å². The Kier molecular flexibility index (Phi) is 10.5. The molecule has 0 saturated heterocycles. The van der Waals surface area contributed by atoms with Crippen molar-refractivity contribution in [2.75, 3.05) is 33.7 Å². The molecule has 9 heteroatoms. The molecule has 234 valence electrons. The zero-order chi connectivity index (χ0) is 32.0. The van der Waals surface area contributed by atoms with Gasteiger partial charge in [0, 0.05) is 26.1 Å². The van der Waals surface area contributed by atoms with Gasteiger partial charge < -0.3 is 29.7 Å². The van der Waals surface area contributed by atoms with Crippen molar-refractivity contribution in [1.82, 2.24) is 10.2 Å². The number of carbonyl (C=O) groups excluding carboxylic acids is 2. The summed E-state index contributed by atoms with van der Waals surface area (Å²) in [6.45, 7) is 5.95. The molecule has 0 aromatic heterocycles. The topological polar surface area (TPSA) is 106 Å². The lowest BCUT2D eigenvalue weighted by atomic mass is 9.95. The molecule has 0 saturated carbocycles. The predicted octanol–water partition coefficient (Wildman–Crippen LogP) is 5.35. The fourth-order valence-electron chi connectivity index (χ4n) is 5.85. The van der Waals surface area contributed by atoms with E-state index in [1.165, 1.54) is 6.92 Å². The third-order valence-corrected chi connectivity index (χ3v) is 8.34. The fourth-order valence-corrected chi connectivity index (χ4v) is 5.85. The second-order valence-corrected chi connectivity index (χ2v) is 11.3. The summed E-state index contributed by atoms with van der Waals surface area (Å²) in [5.41, 5.74) is 4.14. The number of nitrogens with zero attached hydrogens (tertiary/aromatic N) is 1. The number of benzene rings is 2. The van der Waals surface area contributed by atoms with Crippen LogP contribution >= 0.6 is 0 Å². The van der Waals surface area contributed by atoms with E-state index in [0.29, 0.717) is 47.9 Å². The molecule has 9 nitrogen and oxygen atoms in total. The lowest BCUT2D eigenvalue weighted by Crippen LogP contribution is -2.45. The zero-order valence-electron chi connectivity index (χ0n) is 26.7. The molecule has 4 rings (SSSR count). The Bertz CT molecular complexity index is 1560. The summed E-state index contributed by atoms with van der Waals surface area (Å²) in [5.74, 6) is 1.10. The first-order valence-electron chi connectivity index (χ1n) is 15.0. The average Bonchev–Trinajstić information content (AvgIpc) is 3.26. The Hall–Kier alpha value is -4.53. The van der Waals surface area contributed by atoms with Crippen LogP contribution in [-0.2, 0) is 22.6 Å². The molecule has 1 aliphatic rings. The Morgan fingerprint density at radius 2 is 1.70 bits per heavy atom. The summed E-state index contributed by atoms with van der Waals surface area (Å²) in [6, 6.07) is 15.8. The molecule has 3 unspecified atom stereocenters. The SMILES string of the molecule is CCC(C)C(Nc1ccc2c(cc1=O)C(NC(C)=O)CCc1cc(OC)c(OC)c(OC)c1-2)C(=O)N(C)Cc1ccccc1. The Morgan fingerprint density at radius 3 is 2.32 bits per heavy atom.